The molecule has 0 aliphatic carbocycles. The molecule has 0 amide bonds. The second-order valence-electron chi connectivity index (χ2n) is 4.50. The van der Waals surface area contributed by atoms with Gasteiger partial charge >= 0.3 is 0 Å². The van der Waals surface area contributed by atoms with E-state index in [1.807, 2.05) is 12.1 Å². The molecular weight excluding hydrogens is 238 g/mol. The number of rotatable bonds is 1. The first kappa shape index (κ1) is 11.2. The van der Waals surface area contributed by atoms with Crippen LogP contribution >= 0.6 is 0 Å². The lowest BCUT2D eigenvalue weighted by Gasteiger charge is -2.29. The van der Waals surface area contributed by atoms with Gasteiger partial charge in [-0.15, -0.1) is 0 Å². The second-order valence-corrected chi connectivity index (χ2v) is 6.36. The molecule has 1 fully saturated rings. The normalized spacial score (nSPS) is 24.7. The Morgan fingerprint density at radius 1 is 1.18 bits per heavy atom. The summed E-state index contributed by atoms with van der Waals surface area (Å²) in [6, 6.07) is 7.36. The van der Waals surface area contributed by atoms with Gasteiger partial charge in [-0.25, -0.2) is 8.42 Å². The topological polar surface area (TPSA) is 46.6 Å². The summed E-state index contributed by atoms with van der Waals surface area (Å²) < 4.78 is 31.7. The van der Waals surface area contributed by atoms with E-state index < -0.39 is 10.0 Å². The van der Waals surface area contributed by atoms with Gasteiger partial charge in [-0.05, 0) is 24.5 Å². The van der Waals surface area contributed by atoms with Crippen LogP contribution in [0, 0.1) is 0 Å². The van der Waals surface area contributed by atoms with Crippen LogP contribution in [-0.4, -0.2) is 32.0 Å². The number of benzene rings is 1. The molecule has 0 aromatic heterocycles. The van der Waals surface area contributed by atoms with Crippen LogP contribution in [0.5, 0.6) is 0 Å². The van der Waals surface area contributed by atoms with Crippen molar-refractivity contribution in [1.29, 1.82) is 0 Å². The van der Waals surface area contributed by atoms with Gasteiger partial charge in [0.05, 0.1) is 4.90 Å². The minimum Gasteiger partial charge on any atom is -0.381 e. The zero-order valence-electron chi connectivity index (χ0n) is 9.50. The Hall–Kier alpha value is -0.910. The molecule has 17 heavy (non-hydrogen) atoms. The zero-order valence-corrected chi connectivity index (χ0v) is 10.3. The molecule has 3 rings (SSSR count). The Morgan fingerprint density at radius 2 is 1.88 bits per heavy atom. The molecule has 5 heteroatoms. The van der Waals surface area contributed by atoms with Crippen LogP contribution in [0.2, 0.25) is 0 Å². The molecule has 1 aromatic rings. The molecule has 0 radical (unpaired) electrons. The van der Waals surface area contributed by atoms with Crippen molar-refractivity contribution >= 4 is 10.0 Å². The van der Waals surface area contributed by atoms with E-state index in [4.69, 9.17) is 4.74 Å². The number of fused-ring (bicyclic) bond motifs is 1. The highest BCUT2D eigenvalue weighted by atomic mass is 32.2. The van der Waals surface area contributed by atoms with E-state index in [1.165, 1.54) is 0 Å². The van der Waals surface area contributed by atoms with Gasteiger partial charge in [0, 0.05) is 25.8 Å². The maximum absolute atomic E-state index is 12.4. The molecule has 92 valence electrons. The molecule has 2 heterocycles. The summed E-state index contributed by atoms with van der Waals surface area (Å²) in [4.78, 5) is 0.478. The Bertz CT molecular complexity index is 520. The van der Waals surface area contributed by atoms with Crippen molar-refractivity contribution in [2.75, 3.05) is 13.2 Å². The first-order valence-corrected chi connectivity index (χ1v) is 7.31. The Labute approximate surface area is 101 Å². The Balaban J connectivity index is 1.95. The fraction of sp³-hybridized carbons (Fsp3) is 0.500. The van der Waals surface area contributed by atoms with Gasteiger partial charge in [0.25, 0.3) is 0 Å². The lowest BCUT2D eigenvalue weighted by atomic mass is 10.1. The molecule has 2 aliphatic rings. The first-order valence-electron chi connectivity index (χ1n) is 5.87. The first-order chi connectivity index (χ1) is 8.19. The van der Waals surface area contributed by atoms with E-state index in [1.54, 1.807) is 16.4 Å². The second kappa shape index (κ2) is 4.08. The number of nitrogens with zero attached hydrogens (tertiary/aromatic N) is 1. The number of sulfonamides is 1. The highest BCUT2D eigenvalue weighted by molar-refractivity contribution is 7.89. The maximum atomic E-state index is 12.4. The molecule has 4 nitrogen and oxygen atoms in total. The number of hydrogen-bond acceptors (Lipinski definition) is 3. The third-order valence-corrected chi connectivity index (χ3v) is 5.48. The van der Waals surface area contributed by atoms with Gasteiger partial charge in [-0.3, -0.25) is 0 Å². The number of hydrogen-bond donors (Lipinski definition) is 0. The van der Waals surface area contributed by atoms with E-state index in [2.05, 4.69) is 0 Å². The molecular formula is C12H15NO3S. The van der Waals surface area contributed by atoms with E-state index in [-0.39, 0.29) is 6.04 Å². The third kappa shape index (κ3) is 1.78. The summed E-state index contributed by atoms with van der Waals surface area (Å²) in [5, 5.41) is 0. The van der Waals surface area contributed by atoms with Crippen molar-refractivity contribution in [2.45, 2.75) is 30.3 Å². The molecule has 0 N–H and O–H groups in total. The predicted octanol–water partition coefficient (Wildman–Crippen LogP) is 1.37. The summed E-state index contributed by atoms with van der Waals surface area (Å²) in [6.07, 6.45) is 1.60. The van der Waals surface area contributed by atoms with Crippen molar-refractivity contribution < 1.29 is 13.2 Å². The van der Waals surface area contributed by atoms with E-state index in [0.717, 1.165) is 18.4 Å². The average Bonchev–Trinajstić information content (AvgIpc) is 2.63. The SMILES string of the molecule is O=S1(=O)c2ccccc2CN1C1CCOCC1. The highest BCUT2D eigenvalue weighted by Gasteiger charge is 2.39. The van der Waals surface area contributed by atoms with Gasteiger partial charge in [-0.2, -0.15) is 4.31 Å². The lowest BCUT2D eigenvalue weighted by Crippen LogP contribution is -2.39. The van der Waals surface area contributed by atoms with Crippen LogP contribution in [0.1, 0.15) is 18.4 Å². The van der Waals surface area contributed by atoms with Crippen molar-refractivity contribution in [3.05, 3.63) is 29.8 Å². The maximum Gasteiger partial charge on any atom is 0.243 e. The molecule has 0 saturated carbocycles. The average molecular weight is 253 g/mol. The third-order valence-electron chi connectivity index (χ3n) is 3.48. The van der Waals surface area contributed by atoms with Crippen LogP contribution in [0.25, 0.3) is 0 Å². The van der Waals surface area contributed by atoms with Crippen LogP contribution < -0.4 is 0 Å². The highest BCUT2D eigenvalue weighted by Crippen LogP contribution is 2.33. The van der Waals surface area contributed by atoms with Crippen LogP contribution in [-0.2, 0) is 21.3 Å². The summed E-state index contributed by atoms with van der Waals surface area (Å²) >= 11 is 0. The van der Waals surface area contributed by atoms with E-state index in [0.29, 0.717) is 24.7 Å². The molecule has 0 spiro atoms. The van der Waals surface area contributed by atoms with Gasteiger partial charge in [0.2, 0.25) is 10.0 Å². The van der Waals surface area contributed by atoms with Gasteiger partial charge in [0.1, 0.15) is 0 Å². The van der Waals surface area contributed by atoms with Gasteiger partial charge in [-0.1, -0.05) is 18.2 Å². The number of ether oxygens (including phenoxy) is 1. The molecule has 1 aromatic carbocycles. The molecule has 1 saturated heterocycles. The van der Waals surface area contributed by atoms with Crippen molar-refractivity contribution in [3.63, 3.8) is 0 Å². The quantitative estimate of drug-likeness (QED) is 0.759. The molecule has 0 atom stereocenters. The smallest absolute Gasteiger partial charge is 0.243 e. The van der Waals surface area contributed by atoms with Crippen LogP contribution in [0.3, 0.4) is 0 Å². The van der Waals surface area contributed by atoms with Crippen molar-refractivity contribution in [2.24, 2.45) is 0 Å². The van der Waals surface area contributed by atoms with Gasteiger partial charge < -0.3 is 4.74 Å². The standard InChI is InChI=1S/C12H15NO3S/c14-17(15)12-4-2-1-3-10(12)9-13(17)11-5-7-16-8-6-11/h1-4,11H,5-9H2. The predicted molar refractivity (Wildman–Crippen MR) is 63.0 cm³/mol. The molecule has 0 bridgehead atoms. The van der Waals surface area contributed by atoms with Crippen LogP contribution in [0.15, 0.2) is 29.2 Å². The lowest BCUT2D eigenvalue weighted by molar-refractivity contribution is 0.0581. The zero-order chi connectivity index (χ0) is 11.9. The van der Waals surface area contributed by atoms with E-state index in [9.17, 15) is 8.42 Å². The Kier molecular flexibility index (Phi) is 2.69. The largest absolute Gasteiger partial charge is 0.381 e. The fourth-order valence-electron chi connectivity index (χ4n) is 2.56. The van der Waals surface area contributed by atoms with Crippen LogP contribution in [0.4, 0.5) is 0 Å². The fourth-order valence-corrected chi connectivity index (χ4v) is 4.44. The summed E-state index contributed by atoms with van der Waals surface area (Å²) in [7, 11) is -3.27. The van der Waals surface area contributed by atoms with Crippen molar-refractivity contribution in [3.8, 4) is 0 Å². The molecule has 2 aliphatic heterocycles. The monoisotopic (exact) mass is 253 g/mol. The minimum absolute atomic E-state index is 0.0983. The van der Waals surface area contributed by atoms with E-state index >= 15 is 0 Å². The summed E-state index contributed by atoms with van der Waals surface area (Å²) in [5.74, 6) is 0. The summed E-state index contributed by atoms with van der Waals surface area (Å²) in [5.41, 5.74) is 0.916. The molecule has 0 unspecified atom stereocenters. The van der Waals surface area contributed by atoms with Gasteiger partial charge in [0.15, 0.2) is 0 Å². The van der Waals surface area contributed by atoms with Crippen molar-refractivity contribution in [1.82, 2.24) is 4.31 Å². The Morgan fingerprint density at radius 3 is 2.59 bits per heavy atom. The summed E-state index contributed by atoms with van der Waals surface area (Å²) in [6.45, 7) is 1.84. The minimum atomic E-state index is -3.27.